The second kappa shape index (κ2) is 11.5. The first-order chi connectivity index (χ1) is 26.5. The molecule has 11 rings (SSSR count). The van der Waals surface area contributed by atoms with Crippen molar-refractivity contribution in [1.29, 1.82) is 0 Å². The molecule has 54 heavy (non-hydrogen) atoms. The van der Waals surface area contributed by atoms with E-state index in [-0.39, 0.29) is 5.41 Å². The van der Waals surface area contributed by atoms with Crippen LogP contribution in [0.3, 0.4) is 0 Å². The highest BCUT2D eigenvalue weighted by Gasteiger charge is 2.37. The molecular weight excluding hydrogens is 659 g/mol. The van der Waals surface area contributed by atoms with Crippen LogP contribution in [-0.4, -0.2) is 15.0 Å². The monoisotopic (exact) mass is 691 g/mol. The van der Waals surface area contributed by atoms with Gasteiger partial charge in [-0.3, -0.25) is 0 Å². The Hall–Kier alpha value is -6.91. The van der Waals surface area contributed by atoms with Gasteiger partial charge in [0.25, 0.3) is 0 Å². The summed E-state index contributed by atoms with van der Waals surface area (Å²) >= 11 is 0. The van der Waals surface area contributed by atoms with E-state index in [2.05, 4.69) is 172 Å². The third kappa shape index (κ3) is 4.60. The van der Waals surface area contributed by atoms with Crippen molar-refractivity contribution in [2.45, 2.75) is 19.3 Å². The van der Waals surface area contributed by atoms with Crippen LogP contribution < -0.4 is 0 Å². The summed E-state index contributed by atoms with van der Waals surface area (Å²) in [5, 5.41) is 6.92. The minimum atomic E-state index is -0.145. The summed E-state index contributed by atoms with van der Waals surface area (Å²) in [7, 11) is 0. The van der Waals surface area contributed by atoms with Crippen molar-refractivity contribution in [3.8, 4) is 56.4 Å². The fourth-order valence-corrected chi connectivity index (χ4v) is 8.64. The molecule has 0 spiro atoms. The van der Waals surface area contributed by atoms with E-state index in [1.165, 1.54) is 49.4 Å². The summed E-state index contributed by atoms with van der Waals surface area (Å²) in [6.45, 7) is 4.61. The minimum absolute atomic E-state index is 0.145. The van der Waals surface area contributed by atoms with Gasteiger partial charge in [-0.05, 0) is 73.8 Å². The van der Waals surface area contributed by atoms with Crippen molar-refractivity contribution in [3.63, 3.8) is 0 Å². The summed E-state index contributed by atoms with van der Waals surface area (Å²) in [6.07, 6.45) is 0. The maximum atomic E-state index is 6.48. The molecule has 0 N–H and O–H groups in total. The van der Waals surface area contributed by atoms with Gasteiger partial charge in [0, 0.05) is 38.3 Å². The number of hydrogen-bond acceptors (Lipinski definition) is 4. The zero-order valence-electron chi connectivity index (χ0n) is 29.8. The lowest BCUT2D eigenvalue weighted by Crippen LogP contribution is -2.14. The van der Waals surface area contributed by atoms with Crippen molar-refractivity contribution in [3.05, 3.63) is 175 Å². The average molecular weight is 692 g/mol. The number of hydrogen-bond donors (Lipinski definition) is 0. The molecule has 2 aromatic heterocycles. The predicted molar refractivity (Wildman–Crippen MR) is 221 cm³/mol. The number of fused-ring (bicyclic) bond motifs is 10. The van der Waals surface area contributed by atoms with Crippen LogP contribution >= 0.6 is 0 Å². The number of rotatable bonds is 4. The molecule has 8 aromatic carbocycles. The Bertz CT molecular complexity index is 3120. The van der Waals surface area contributed by atoms with Gasteiger partial charge in [0.1, 0.15) is 11.2 Å². The van der Waals surface area contributed by atoms with E-state index >= 15 is 0 Å². The van der Waals surface area contributed by atoms with Crippen LogP contribution in [0.5, 0.6) is 0 Å². The standard InChI is InChI=1S/C50H33N3O/c1-50(2)40-17-9-8-15-37(40)45-38(16-10-18-41(45)50)49-52-47(34-23-19-31(20-24-34)30-11-4-3-5-12-30)51-48(53-49)35-26-27-42-39(29-35)46-43(54-42)28-25-33-22-21-32-13-6-7-14-36(32)44(33)46/h3-29H,1-2H3. The van der Waals surface area contributed by atoms with Gasteiger partial charge < -0.3 is 4.42 Å². The van der Waals surface area contributed by atoms with Gasteiger partial charge in [-0.25, -0.2) is 15.0 Å². The van der Waals surface area contributed by atoms with Crippen LogP contribution in [0.25, 0.3) is 99.9 Å². The molecule has 0 amide bonds. The van der Waals surface area contributed by atoms with Crippen molar-refractivity contribution in [2.75, 3.05) is 0 Å². The van der Waals surface area contributed by atoms with Crippen LogP contribution in [0.1, 0.15) is 25.0 Å². The molecule has 0 saturated heterocycles. The van der Waals surface area contributed by atoms with Gasteiger partial charge in [-0.1, -0.05) is 153 Å². The Morgan fingerprint density at radius 2 is 1.02 bits per heavy atom. The topological polar surface area (TPSA) is 51.8 Å². The maximum absolute atomic E-state index is 6.48. The molecule has 1 aliphatic carbocycles. The van der Waals surface area contributed by atoms with Crippen LogP contribution in [0.4, 0.5) is 0 Å². The Morgan fingerprint density at radius 1 is 0.407 bits per heavy atom. The SMILES string of the molecule is CC1(C)c2ccccc2-c2c(-c3nc(-c4ccc(-c5ccccc5)cc4)nc(-c4ccc5oc6ccc7ccc8ccccc8c7c6c5c4)n3)cccc21. The maximum Gasteiger partial charge on any atom is 0.164 e. The van der Waals surface area contributed by atoms with Gasteiger partial charge in [-0.2, -0.15) is 0 Å². The minimum Gasteiger partial charge on any atom is -0.456 e. The van der Waals surface area contributed by atoms with Gasteiger partial charge in [0.2, 0.25) is 0 Å². The van der Waals surface area contributed by atoms with E-state index < -0.39 is 0 Å². The third-order valence-electron chi connectivity index (χ3n) is 11.3. The second-order valence-electron chi connectivity index (χ2n) is 14.8. The van der Waals surface area contributed by atoms with Crippen molar-refractivity contribution < 1.29 is 4.42 Å². The van der Waals surface area contributed by atoms with Gasteiger partial charge in [-0.15, -0.1) is 0 Å². The first-order valence-electron chi connectivity index (χ1n) is 18.4. The Kier molecular flexibility index (Phi) is 6.56. The first-order valence-corrected chi connectivity index (χ1v) is 18.4. The lowest BCUT2D eigenvalue weighted by atomic mass is 9.82. The Labute approximate surface area is 312 Å². The summed E-state index contributed by atoms with van der Waals surface area (Å²) in [5.41, 5.74) is 11.7. The van der Waals surface area contributed by atoms with Gasteiger partial charge >= 0.3 is 0 Å². The number of nitrogens with zero attached hydrogens (tertiary/aromatic N) is 3. The third-order valence-corrected chi connectivity index (χ3v) is 11.3. The highest BCUT2D eigenvalue weighted by Crippen LogP contribution is 2.51. The zero-order chi connectivity index (χ0) is 36.0. The molecule has 10 aromatic rings. The molecule has 254 valence electrons. The van der Waals surface area contributed by atoms with Gasteiger partial charge in [0.05, 0.1) is 0 Å². The normalized spacial score (nSPS) is 13.1. The second-order valence-corrected chi connectivity index (χ2v) is 14.8. The zero-order valence-corrected chi connectivity index (χ0v) is 29.8. The van der Waals surface area contributed by atoms with Crippen LogP contribution in [0.15, 0.2) is 168 Å². The summed E-state index contributed by atoms with van der Waals surface area (Å²) in [6, 6.07) is 57.7. The molecule has 0 unspecified atom stereocenters. The van der Waals surface area contributed by atoms with Crippen molar-refractivity contribution in [1.82, 2.24) is 15.0 Å². The van der Waals surface area contributed by atoms with E-state index in [9.17, 15) is 0 Å². The lowest BCUT2D eigenvalue weighted by Gasteiger charge is -2.21. The van der Waals surface area contributed by atoms with E-state index in [1.807, 2.05) is 6.07 Å². The molecule has 0 bridgehead atoms. The summed E-state index contributed by atoms with van der Waals surface area (Å²) in [5.74, 6) is 1.90. The highest BCUT2D eigenvalue weighted by atomic mass is 16.3. The smallest absolute Gasteiger partial charge is 0.164 e. The largest absolute Gasteiger partial charge is 0.456 e. The fraction of sp³-hybridized carbons (Fsp3) is 0.0600. The van der Waals surface area contributed by atoms with Crippen LogP contribution in [-0.2, 0) is 5.41 Å². The van der Waals surface area contributed by atoms with Crippen molar-refractivity contribution >= 4 is 43.5 Å². The molecule has 1 aliphatic rings. The van der Waals surface area contributed by atoms with E-state index in [1.54, 1.807) is 0 Å². The van der Waals surface area contributed by atoms with E-state index in [4.69, 9.17) is 19.4 Å². The van der Waals surface area contributed by atoms with Crippen LogP contribution in [0, 0.1) is 0 Å². The molecular formula is C50H33N3O. The molecule has 0 saturated carbocycles. The summed E-state index contributed by atoms with van der Waals surface area (Å²) in [4.78, 5) is 15.7. The molecule has 0 radical (unpaired) electrons. The van der Waals surface area contributed by atoms with E-state index in [0.29, 0.717) is 17.5 Å². The Balaban J connectivity index is 1.15. The van der Waals surface area contributed by atoms with E-state index in [0.717, 1.165) is 44.2 Å². The van der Waals surface area contributed by atoms with Crippen molar-refractivity contribution in [2.24, 2.45) is 0 Å². The average Bonchev–Trinajstić information content (AvgIpc) is 3.72. The highest BCUT2D eigenvalue weighted by molar-refractivity contribution is 6.26. The molecule has 0 aliphatic heterocycles. The number of benzene rings is 8. The Morgan fingerprint density at radius 3 is 1.89 bits per heavy atom. The molecule has 4 nitrogen and oxygen atoms in total. The summed E-state index contributed by atoms with van der Waals surface area (Å²) < 4.78 is 6.48. The fourth-order valence-electron chi connectivity index (χ4n) is 8.64. The number of furan rings is 1. The molecule has 4 heteroatoms. The van der Waals surface area contributed by atoms with Crippen LogP contribution in [0.2, 0.25) is 0 Å². The lowest BCUT2D eigenvalue weighted by molar-refractivity contribution is 0.660. The first kappa shape index (κ1) is 30.7. The molecule has 2 heterocycles. The number of aromatic nitrogens is 3. The molecule has 0 atom stereocenters. The van der Waals surface area contributed by atoms with Gasteiger partial charge in [0.15, 0.2) is 17.5 Å². The quantitative estimate of drug-likeness (QED) is 0.172. The molecule has 0 fully saturated rings. The predicted octanol–water partition coefficient (Wildman–Crippen LogP) is 13.1.